The van der Waals surface area contributed by atoms with Crippen LogP contribution in [0.2, 0.25) is 10.0 Å². The third-order valence-corrected chi connectivity index (χ3v) is 3.98. The van der Waals surface area contributed by atoms with E-state index < -0.39 is 0 Å². The Hall–Kier alpha value is -0.970. The molecule has 1 aromatic carbocycles. The normalized spacial score (nSPS) is 18.9. The summed E-state index contributed by atoms with van der Waals surface area (Å²) in [6, 6.07) is 4.91. The Bertz CT molecular complexity index is 480. The van der Waals surface area contributed by atoms with Crippen molar-refractivity contribution in [1.82, 2.24) is 4.90 Å². The zero-order chi connectivity index (χ0) is 14.5. The van der Waals surface area contributed by atoms with Crippen molar-refractivity contribution in [3.8, 4) is 0 Å². The average molecular weight is 317 g/mol. The van der Waals surface area contributed by atoms with E-state index in [9.17, 15) is 4.79 Å². The first-order valence-corrected chi connectivity index (χ1v) is 7.48. The number of halogens is 2. The molecule has 1 aliphatic heterocycles. The molecule has 0 bridgehead atoms. The molecule has 1 aliphatic rings. The van der Waals surface area contributed by atoms with Crippen LogP contribution in [0.5, 0.6) is 0 Å². The Morgan fingerprint density at radius 2 is 2.25 bits per heavy atom. The highest BCUT2D eigenvalue weighted by Gasteiger charge is 2.23. The largest absolute Gasteiger partial charge is 0.377 e. The quantitative estimate of drug-likeness (QED) is 0.914. The van der Waals surface area contributed by atoms with Gasteiger partial charge >= 0.3 is 6.03 Å². The lowest BCUT2D eigenvalue weighted by atomic mass is 10.1. The third-order valence-electron chi connectivity index (χ3n) is 3.24. The Balaban J connectivity index is 1.95. The Morgan fingerprint density at radius 3 is 2.95 bits per heavy atom. The number of urea groups is 1. The molecule has 1 atom stereocenters. The van der Waals surface area contributed by atoms with Gasteiger partial charge in [0.2, 0.25) is 0 Å². The van der Waals surface area contributed by atoms with Gasteiger partial charge in [0.25, 0.3) is 0 Å². The lowest BCUT2D eigenvalue weighted by molar-refractivity contribution is 0.0181. The number of nitrogens with zero attached hydrogens (tertiary/aromatic N) is 1. The maximum atomic E-state index is 12.2. The molecule has 0 aliphatic carbocycles. The molecule has 1 saturated heterocycles. The average Bonchev–Trinajstić information content (AvgIpc) is 2.43. The molecule has 1 fully saturated rings. The van der Waals surface area contributed by atoms with Crippen LogP contribution in [-0.2, 0) is 4.74 Å². The standard InChI is InChI=1S/C14H18Cl2N2O2/c1-2-20-11-4-3-7-18(9-11)14(19)17-10-5-6-12(15)13(16)8-10/h5-6,8,11H,2-4,7,9H2,1H3,(H,17,19). The van der Waals surface area contributed by atoms with E-state index >= 15 is 0 Å². The molecule has 2 rings (SSSR count). The van der Waals surface area contributed by atoms with E-state index in [-0.39, 0.29) is 12.1 Å². The SMILES string of the molecule is CCOC1CCCN(C(=O)Nc2ccc(Cl)c(Cl)c2)C1. The maximum Gasteiger partial charge on any atom is 0.321 e. The van der Waals surface area contributed by atoms with Gasteiger partial charge < -0.3 is 15.0 Å². The second kappa shape index (κ2) is 7.16. The van der Waals surface area contributed by atoms with Crippen LogP contribution in [-0.4, -0.2) is 36.7 Å². The molecule has 0 aromatic heterocycles. The molecule has 2 amide bonds. The van der Waals surface area contributed by atoms with Crippen LogP contribution in [0, 0.1) is 0 Å². The molecule has 110 valence electrons. The molecule has 1 N–H and O–H groups in total. The summed E-state index contributed by atoms with van der Waals surface area (Å²) in [7, 11) is 0. The summed E-state index contributed by atoms with van der Waals surface area (Å²) in [5.74, 6) is 0. The zero-order valence-corrected chi connectivity index (χ0v) is 12.9. The van der Waals surface area contributed by atoms with Crippen LogP contribution >= 0.6 is 23.2 Å². The number of amides is 2. The van der Waals surface area contributed by atoms with Gasteiger partial charge in [-0.3, -0.25) is 0 Å². The minimum atomic E-state index is -0.132. The molecule has 0 spiro atoms. The third kappa shape index (κ3) is 4.01. The highest BCUT2D eigenvalue weighted by Crippen LogP contribution is 2.25. The van der Waals surface area contributed by atoms with Crippen molar-refractivity contribution in [2.24, 2.45) is 0 Å². The first-order chi connectivity index (χ1) is 9.60. The van der Waals surface area contributed by atoms with E-state index in [4.69, 9.17) is 27.9 Å². The number of nitrogens with one attached hydrogen (secondary N) is 1. The highest BCUT2D eigenvalue weighted by molar-refractivity contribution is 6.42. The minimum absolute atomic E-state index is 0.132. The zero-order valence-electron chi connectivity index (χ0n) is 11.4. The smallest absolute Gasteiger partial charge is 0.321 e. The Kier molecular flexibility index (Phi) is 5.52. The predicted octanol–water partition coefficient (Wildman–Crippen LogP) is 4.03. The van der Waals surface area contributed by atoms with Gasteiger partial charge in [-0.1, -0.05) is 23.2 Å². The minimum Gasteiger partial charge on any atom is -0.377 e. The summed E-state index contributed by atoms with van der Waals surface area (Å²) in [5, 5.41) is 3.73. The van der Waals surface area contributed by atoms with Gasteiger partial charge in [-0.05, 0) is 38.0 Å². The van der Waals surface area contributed by atoms with E-state index in [1.807, 2.05) is 6.92 Å². The van der Waals surface area contributed by atoms with Crippen LogP contribution in [0.1, 0.15) is 19.8 Å². The molecular weight excluding hydrogens is 299 g/mol. The number of carbonyl (C=O) groups excluding carboxylic acids is 1. The number of benzene rings is 1. The number of piperidine rings is 1. The second-order valence-corrected chi connectivity index (χ2v) is 5.54. The molecular formula is C14H18Cl2N2O2. The van der Waals surface area contributed by atoms with Crippen LogP contribution in [0.15, 0.2) is 18.2 Å². The number of ether oxygens (including phenoxy) is 1. The lowest BCUT2D eigenvalue weighted by Crippen LogP contribution is -2.45. The summed E-state index contributed by atoms with van der Waals surface area (Å²) in [6.07, 6.45) is 2.09. The number of likely N-dealkylation sites (tertiary alicyclic amines) is 1. The Labute approximate surface area is 129 Å². The molecule has 4 nitrogen and oxygen atoms in total. The first kappa shape index (κ1) is 15.4. The summed E-state index contributed by atoms with van der Waals surface area (Å²) in [4.78, 5) is 14.0. The van der Waals surface area contributed by atoms with Crippen molar-refractivity contribution in [2.75, 3.05) is 25.0 Å². The van der Waals surface area contributed by atoms with Crippen LogP contribution in [0.3, 0.4) is 0 Å². The van der Waals surface area contributed by atoms with E-state index in [1.165, 1.54) is 0 Å². The molecule has 0 saturated carbocycles. The second-order valence-electron chi connectivity index (χ2n) is 4.72. The number of anilines is 1. The van der Waals surface area contributed by atoms with Crippen molar-refractivity contribution < 1.29 is 9.53 Å². The maximum absolute atomic E-state index is 12.2. The topological polar surface area (TPSA) is 41.6 Å². The molecule has 20 heavy (non-hydrogen) atoms. The van der Waals surface area contributed by atoms with E-state index in [1.54, 1.807) is 23.1 Å². The van der Waals surface area contributed by atoms with Gasteiger partial charge in [0.05, 0.1) is 16.1 Å². The van der Waals surface area contributed by atoms with E-state index in [0.717, 1.165) is 19.4 Å². The molecule has 1 heterocycles. The number of hydrogen-bond acceptors (Lipinski definition) is 2. The molecule has 6 heteroatoms. The van der Waals surface area contributed by atoms with E-state index in [2.05, 4.69) is 5.32 Å². The summed E-state index contributed by atoms with van der Waals surface area (Å²) < 4.78 is 5.59. The fourth-order valence-corrected chi connectivity index (χ4v) is 2.57. The number of carbonyl (C=O) groups is 1. The lowest BCUT2D eigenvalue weighted by Gasteiger charge is -2.32. The van der Waals surface area contributed by atoms with Gasteiger partial charge in [-0.2, -0.15) is 0 Å². The van der Waals surface area contributed by atoms with Crippen molar-refractivity contribution in [3.05, 3.63) is 28.2 Å². The van der Waals surface area contributed by atoms with Crippen LogP contribution < -0.4 is 5.32 Å². The van der Waals surface area contributed by atoms with Gasteiger partial charge in [0.15, 0.2) is 0 Å². The van der Waals surface area contributed by atoms with Gasteiger partial charge in [-0.15, -0.1) is 0 Å². The van der Waals surface area contributed by atoms with Gasteiger partial charge in [-0.25, -0.2) is 4.79 Å². The van der Waals surface area contributed by atoms with Crippen LogP contribution in [0.25, 0.3) is 0 Å². The van der Waals surface area contributed by atoms with E-state index in [0.29, 0.717) is 28.9 Å². The fourth-order valence-electron chi connectivity index (χ4n) is 2.27. The predicted molar refractivity (Wildman–Crippen MR) is 81.7 cm³/mol. The van der Waals surface area contributed by atoms with Crippen molar-refractivity contribution in [3.63, 3.8) is 0 Å². The highest BCUT2D eigenvalue weighted by atomic mass is 35.5. The molecule has 1 aromatic rings. The fraction of sp³-hybridized carbons (Fsp3) is 0.500. The van der Waals surface area contributed by atoms with Crippen molar-refractivity contribution >= 4 is 34.9 Å². The summed E-state index contributed by atoms with van der Waals surface area (Å²) in [6.45, 7) is 4.01. The van der Waals surface area contributed by atoms with Crippen LogP contribution in [0.4, 0.5) is 10.5 Å². The number of rotatable bonds is 3. The van der Waals surface area contributed by atoms with Crippen molar-refractivity contribution in [2.45, 2.75) is 25.9 Å². The van der Waals surface area contributed by atoms with Gasteiger partial charge in [0, 0.05) is 25.4 Å². The van der Waals surface area contributed by atoms with Gasteiger partial charge in [0.1, 0.15) is 0 Å². The number of hydrogen-bond donors (Lipinski definition) is 1. The first-order valence-electron chi connectivity index (χ1n) is 6.72. The monoisotopic (exact) mass is 316 g/mol. The molecule has 0 radical (unpaired) electrons. The Morgan fingerprint density at radius 1 is 1.45 bits per heavy atom. The molecule has 1 unspecified atom stereocenters. The summed E-state index contributed by atoms with van der Waals surface area (Å²) in [5.41, 5.74) is 0.642. The van der Waals surface area contributed by atoms with Crippen molar-refractivity contribution in [1.29, 1.82) is 0 Å². The summed E-state index contributed by atoms with van der Waals surface area (Å²) >= 11 is 11.8.